The zero-order chi connectivity index (χ0) is 27.8. The molecule has 2 fully saturated rings. The van der Waals surface area contributed by atoms with Crippen LogP contribution >= 0.6 is 11.8 Å². The molecule has 4 rings (SSSR count). The monoisotopic (exact) mass is 548 g/mol. The predicted octanol–water partition coefficient (Wildman–Crippen LogP) is 5.95. The minimum Gasteiger partial charge on any atom is -0.444 e. The highest BCUT2D eigenvalue weighted by atomic mass is 32.2. The van der Waals surface area contributed by atoms with Gasteiger partial charge >= 0.3 is 6.09 Å². The van der Waals surface area contributed by atoms with Crippen LogP contribution in [0.5, 0.6) is 0 Å². The fourth-order valence-electron chi connectivity index (χ4n) is 5.30. The first-order chi connectivity index (χ1) is 18.7. The molecule has 0 radical (unpaired) electrons. The van der Waals surface area contributed by atoms with E-state index >= 15 is 0 Å². The average molecular weight is 549 g/mol. The third-order valence-electron chi connectivity index (χ3n) is 7.40. The molecule has 2 aromatic carbocycles. The quantitative estimate of drug-likeness (QED) is 0.340. The van der Waals surface area contributed by atoms with Crippen molar-refractivity contribution in [2.75, 3.05) is 43.4 Å². The summed E-state index contributed by atoms with van der Waals surface area (Å²) < 4.78 is 5.51. The van der Waals surface area contributed by atoms with Gasteiger partial charge < -0.3 is 19.9 Å². The van der Waals surface area contributed by atoms with Gasteiger partial charge in [0.05, 0.1) is 6.07 Å². The number of hydrogen-bond acceptors (Lipinski definition) is 6. The summed E-state index contributed by atoms with van der Waals surface area (Å²) in [5, 5.41) is 11.5. The third kappa shape index (κ3) is 8.15. The molecule has 8 heteroatoms. The van der Waals surface area contributed by atoms with E-state index in [1.165, 1.54) is 22.4 Å². The molecule has 0 aromatic heterocycles. The van der Waals surface area contributed by atoms with Gasteiger partial charge in [0.25, 0.3) is 0 Å². The van der Waals surface area contributed by atoms with Crippen molar-refractivity contribution in [1.29, 1.82) is 5.26 Å². The molecule has 0 spiro atoms. The van der Waals surface area contributed by atoms with Gasteiger partial charge in [-0.1, -0.05) is 37.1 Å². The van der Waals surface area contributed by atoms with Crippen LogP contribution in [0.4, 0.5) is 10.5 Å². The van der Waals surface area contributed by atoms with E-state index in [0.717, 1.165) is 43.8 Å². The number of amides is 2. The summed E-state index contributed by atoms with van der Waals surface area (Å²) in [4.78, 5) is 30.1. The highest BCUT2D eigenvalue weighted by Gasteiger charge is 2.30. The summed E-state index contributed by atoms with van der Waals surface area (Å²) in [6, 6.07) is 19.3. The first kappa shape index (κ1) is 28.8. The Bertz CT molecular complexity index is 1150. The summed E-state index contributed by atoms with van der Waals surface area (Å²) in [5.74, 6) is 1.31. The number of rotatable bonds is 7. The maximum absolute atomic E-state index is 12.5. The second-order valence-electron chi connectivity index (χ2n) is 11.4. The summed E-state index contributed by atoms with van der Waals surface area (Å²) in [5.41, 5.74) is 3.03. The third-order valence-corrected chi connectivity index (χ3v) is 8.60. The van der Waals surface area contributed by atoms with Crippen molar-refractivity contribution in [2.24, 2.45) is 11.8 Å². The molecule has 208 valence electrons. The molecule has 1 saturated heterocycles. The van der Waals surface area contributed by atoms with Gasteiger partial charge in [0.15, 0.2) is 0 Å². The Morgan fingerprint density at radius 3 is 2.21 bits per heavy atom. The molecule has 0 bridgehead atoms. The minimum absolute atomic E-state index is 0.0117. The fraction of sp³-hybridized carbons (Fsp3) is 0.516. The Balaban J connectivity index is 1.28. The molecule has 1 N–H and O–H groups in total. The van der Waals surface area contributed by atoms with Crippen LogP contribution < -0.4 is 10.2 Å². The van der Waals surface area contributed by atoms with Gasteiger partial charge in [-0.25, -0.2) is 4.79 Å². The molecule has 39 heavy (non-hydrogen) atoms. The van der Waals surface area contributed by atoms with Crippen molar-refractivity contribution < 1.29 is 14.3 Å². The predicted molar refractivity (Wildman–Crippen MR) is 157 cm³/mol. The Morgan fingerprint density at radius 2 is 1.59 bits per heavy atom. The molecule has 2 unspecified atom stereocenters. The smallest absolute Gasteiger partial charge is 0.410 e. The van der Waals surface area contributed by atoms with Crippen molar-refractivity contribution in [3.05, 3.63) is 48.5 Å². The van der Waals surface area contributed by atoms with Crippen molar-refractivity contribution in [3.63, 3.8) is 0 Å². The lowest BCUT2D eigenvalue weighted by Crippen LogP contribution is -2.50. The second-order valence-corrected chi connectivity index (χ2v) is 12.5. The molecule has 7 nitrogen and oxygen atoms in total. The van der Waals surface area contributed by atoms with E-state index in [1.807, 2.05) is 38.6 Å². The van der Waals surface area contributed by atoms with E-state index in [-0.39, 0.29) is 24.5 Å². The normalized spacial score (nSPS) is 19.7. The summed E-state index contributed by atoms with van der Waals surface area (Å²) in [6.45, 7) is 8.64. The van der Waals surface area contributed by atoms with E-state index in [4.69, 9.17) is 10.00 Å². The molecular formula is C31H40N4O3S. The van der Waals surface area contributed by atoms with Crippen molar-refractivity contribution in [1.82, 2.24) is 10.2 Å². The van der Waals surface area contributed by atoms with Crippen LogP contribution in [-0.2, 0) is 9.53 Å². The summed E-state index contributed by atoms with van der Waals surface area (Å²) >= 11 is 1.81. The van der Waals surface area contributed by atoms with E-state index in [9.17, 15) is 9.59 Å². The molecule has 2 atom stereocenters. The van der Waals surface area contributed by atoms with Crippen molar-refractivity contribution >= 4 is 29.4 Å². The number of anilines is 1. The van der Waals surface area contributed by atoms with Crippen LogP contribution in [0.3, 0.4) is 0 Å². The Morgan fingerprint density at radius 1 is 0.974 bits per heavy atom. The number of benzene rings is 2. The standard InChI is InChI=1S/C31H40N4O3S/c1-31(2,3)38-30(37)35-20-18-34(19-21-35)26-12-8-23(9-13-26)24-10-14-27(15-11-24)39-22-25-6-4-5-7-28(25)29(36)33-17-16-32/h8-15,25,28H,4-7,17-22H2,1-3H3,(H,33,36). The van der Waals surface area contributed by atoms with Gasteiger partial charge in [-0.05, 0) is 74.9 Å². The van der Waals surface area contributed by atoms with Crippen molar-refractivity contribution in [3.8, 4) is 17.2 Å². The van der Waals surface area contributed by atoms with Gasteiger partial charge in [0.1, 0.15) is 12.1 Å². The first-order valence-corrected chi connectivity index (χ1v) is 14.9. The SMILES string of the molecule is CC(C)(C)OC(=O)N1CCN(c2ccc(-c3ccc(SCC4CCCCC4C(=O)NCC#N)cc3)cc2)CC1. The average Bonchev–Trinajstić information content (AvgIpc) is 2.94. The Labute approximate surface area is 236 Å². The van der Waals surface area contributed by atoms with Crippen LogP contribution in [-0.4, -0.2) is 61.0 Å². The summed E-state index contributed by atoms with van der Waals surface area (Å²) in [7, 11) is 0. The topological polar surface area (TPSA) is 85.7 Å². The lowest BCUT2D eigenvalue weighted by Gasteiger charge is -2.36. The Hall–Kier alpha value is -3.18. The van der Waals surface area contributed by atoms with E-state index in [2.05, 4.69) is 58.7 Å². The van der Waals surface area contributed by atoms with Gasteiger partial charge in [0, 0.05) is 48.4 Å². The number of ether oxygens (including phenoxy) is 1. The van der Waals surface area contributed by atoms with E-state index in [1.54, 1.807) is 4.90 Å². The van der Waals surface area contributed by atoms with Crippen LogP contribution in [0.15, 0.2) is 53.4 Å². The van der Waals surface area contributed by atoms with Crippen molar-refractivity contribution in [2.45, 2.75) is 57.0 Å². The number of carbonyl (C=O) groups is 2. The number of piperazine rings is 1. The largest absolute Gasteiger partial charge is 0.444 e. The van der Waals surface area contributed by atoms with Crippen LogP contribution in [0.25, 0.3) is 11.1 Å². The zero-order valence-electron chi connectivity index (χ0n) is 23.3. The first-order valence-electron chi connectivity index (χ1n) is 13.9. The lowest BCUT2D eigenvalue weighted by atomic mass is 9.80. The zero-order valence-corrected chi connectivity index (χ0v) is 24.1. The van der Waals surface area contributed by atoms with Crippen LogP contribution in [0.1, 0.15) is 46.5 Å². The number of nitrogens with one attached hydrogen (secondary N) is 1. The summed E-state index contributed by atoms with van der Waals surface area (Å²) in [6.07, 6.45) is 4.00. The number of hydrogen-bond donors (Lipinski definition) is 1. The minimum atomic E-state index is -0.476. The van der Waals surface area contributed by atoms with Crippen LogP contribution in [0.2, 0.25) is 0 Å². The number of nitriles is 1. The second kappa shape index (κ2) is 13.3. The molecule has 1 aliphatic heterocycles. The van der Waals surface area contributed by atoms with E-state index < -0.39 is 5.60 Å². The molecule has 2 aromatic rings. The molecule has 2 aliphatic rings. The van der Waals surface area contributed by atoms with Gasteiger partial charge in [-0.15, -0.1) is 11.8 Å². The fourth-order valence-corrected chi connectivity index (χ4v) is 6.43. The maximum atomic E-state index is 12.5. The molecule has 1 saturated carbocycles. The molecule has 1 aliphatic carbocycles. The van der Waals surface area contributed by atoms with Gasteiger partial charge in [-0.2, -0.15) is 5.26 Å². The molecule has 2 amide bonds. The van der Waals surface area contributed by atoms with Gasteiger partial charge in [-0.3, -0.25) is 4.79 Å². The number of carbonyl (C=O) groups excluding carboxylic acids is 2. The highest BCUT2D eigenvalue weighted by Crippen LogP contribution is 2.35. The van der Waals surface area contributed by atoms with Crippen LogP contribution in [0, 0.1) is 23.2 Å². The van der Waals surface area contributed by atoms with E-state index in [0.29, 0.717) is 19.0 Å². The Kier molecular flexibility index (Phi) is 9.79. The molecular weight excluding hydrogens is 508 g/mol. The van der Waals surface area contributed by atoms with Gasteiger partial charge in [0.2, 0.25) is 5.91 Å². The number of thioether (sulfide) groups is 1. The number of nitrogens with zero attached hydrogens (tertiary/aromatic N) is 3. The maximum Gasteiger partial charge on any atom is 0.410 e. The lowest BCUT2D eigenvalue weighted by molar-refractivity contribution is -0.127. The molecule has 1 heterocycles. The highest BCUT2D eigenvalue weighted by molar-refractivity contribution is 7.99.